The number of nitrogens with zero attached hydrogens (tertiary/aromatic N) is 1. The summed E-state index contributed by atoms with van der Waals surface area (Å²) in [5, 5.41) is 0. The lowest BCUT2D eigenvalue weighted by Crippen LogP contribution is -2.45. The molecule has 2 aromatic carbocycles. The van der Waals surface area contributed by atoms with Crippen molar-refractivity contribution >= 4 is 21.7 Å². The van der Waals surface area contributed by atoms with Gasteiger partial charge in [-0.25, -0.2) is 17.9 Å². The summed E-state index contributed by atoms with van der Waals surface area (Å²) in [5.41, 5.74) is 2.76. The van der Waals surface area contributed by atoms with Crippen molar-refractivity contribution < 1.29 is 13.2 Å². The standard InChI is InChI=1S/C17H18N2O3S/c1-12-7-9-15(10-8-12)23(21,22)18-17(20)19-13(2)11-14-5-3-4-6-16(14)19/h3-10,13H,11H2,1-2H3,(H,18,20). The fraction of sp³-hybridized carbons (Fsp3) is 0.235. The van der Waals surface area contributed by atoms with Crippen LogP contribution in [-0.2, 0) is 16.4 Å². The second-order valence-corrected chi connectivity index (χ2v) is 7.46. The van der Waals surface area contributed by atoms with Gasteiger partial charge in [-0.05, 0) is 44.0 Å². The first-order valence-corrected chi connectivity index (χ1v) is 8.87. The number of hydrogen-bond donors (Lipinski definition) is 1. The molecule has 0 radical (unpaired) electrons. The smallest absolute Gasteiger partial charge is 0.290 e. The first-order valence-electron chi connectivity index (χ1n) is 7.39. The highest BCUT2D eigenvalue weighted by molar-refractivity contribution is 7.90. The molecule has 1 aliphatic heterocycles. The molecule has 2 aromatic rings. The zero-order chi connectivity index (χ0) is 16.6. The van der Waals surface area contributed by atoms with Crippen LogP contribution in [0.25, 0.3) is 0 Å². The van der Waals surface area contributed by atoms with Crippen LogP contribution in [0.3, 0.4) is 0 Å². The third-order valence-electron chi connectivity index (χ3n) is 3.98. The van der Waals surface area contributed by atoms with Gasteiger partial charge in [-0.3, -0.25) is 4.90 Å². The zero-order valence-corrected chi connectivity index (χ0v) is 13.8. The van der Waals surface area contributed by atoms with Crippen molar-refractivity contribution in [3.05, 3.63) is 59.7 Å². The van der Waals surface area contributed by atoms with E-state index in [-0.39, 0.29) is 10.9 Å². The Morgan fingerprint density at radius 1 is 1.13 bits per heavy atom. The van der Waals surface area contributed by atoms with Crippen LogP contribution in [-0.4, -0.2) is 20.5 Å². The number of anilines is 1. The molecule has 120 valence electrons. The van der Waals surface area contributed by atoms with E-state index < -0.39 is 16.1 Å². The Balaban J connectivity index is 1.86. The van der Waals surface area contributed by atoms with Crippen molar-refractivity contribution in [2.75, 3.05) is 4.90 Å². The van der Waals surface area contributed by atoms with E-state index in [1.54, 1.807) is 12.1 Å². The minimum absolute atomic E-state index is 0.0802. The molecule has 0 aromatic heterocycles. The highest BCUT2D eigenvalue weighted by Gasteiger charge is 2.32. The van der Waals surface area contributed by atoms with E-state index in [2.05, 4.69) is 4.72 Å². The number of carbonyl (C=O) groups is 1. The molecule has 0 fully saturated rings. The molecule has 0 aliphatic carbocycles. The fourth-order valence-corrected chi connectivity index (χ4v) is 3.76. The van der Waals surface area contributed by atoms with Gasteiger partial charge >= 0.3 is 6.03 Å². The topological polar surface area (TPSA) is 66.5 Å². The van der Waals surface area contributed by atoms with E-state index in [1.165, 1.54) is 17.0 Å². The highest BCUT2D eigenvalue weighted by atomic mass is 32.2. The van der Waals surface area contributed by atoms with E-state index in [0.717, 1.165) is 16.8 Å². The van der Waals surface area contributed by atoms with Crippen molar-refractivity contribution in [1.29, 1.82) is 0 Å². The number of para-hydroxylation sites is 1. The molecule has 1 unspecified atom stereocenters. The van der Waals surface area contributed by atoms with Crippen molar-refractivity contribution in [3.8, 4) is 0 Å². The molecule has 2 amide bonds. The highest BCUT2D eigenvalue weighted by Crippen LogP contribution is 2.31. The minimum Gasteiger partial charge on any atom is -0.290 e. The average molecular weight is 330 g/mol. The van der Waals surface area contributed by atoms with E-state index in [1.807, 2.05) is 38.1 Å². The van der Waals surface area contributed by atoms with E-state index in [4.69, 9.17) is 0 Å². The lowest BCUT2D eigenvalue weighted by molar-refractivity contribution is 0.250. The van der Waals surface area contributed by atoms with Gasteiger partial charge in [0.25, 0.3) is 10.0 Å². The van der Waals surface area contributed by atoms with Gasteiger partial charge in [-0.15, -0.1) is 0 Å². The predicted molar refractivity (Wildman–Crippen MR) is 89.0 cm³/mol. The Kier molecular flexibility index (Phi) is 3.85. The van der Waals surface area contributed by atoms with Gasteiger partial charge in [0, 0.05) is 11.7 Å². The first-order chi connectivity index (χ1) is 10.9. The summed E-state index contributed by atoms with van der Waals surface area (Å²) in [6, 6.07) is 13.2. The summed E-state index contributed by atoms with van der Waals surface area (Å²) in [6.07, 6.45) is 0.716. The van der Waals surface area contributed by atoms with Gasteiger partial charge in [0.1, 0.15) is 0 Å². The van der Waals surface area contributed by atoms with Crippen LogP contribution in [0.1, 0.15) is 18.1 Å². The molecule has 0 saturated carbocycles. The number of nitrogens with one attached hydrogen (secondary N) is 1. The van der Waals surface area contributed by atoms with Crippen LogP contribution in [0.2, 0.25) is 0 Å². The van der Waals surface area contributed by atoms with Crippen LogP contribution in [0.5, 0.6) is 0 Å². The summed E-state index contributed by atoms with van der Waals surface area (Å²) in [6.45, 7) is 3.77. The van der Waals surface area contributed by atoms with Crippen LogP contribution in [0.4, 0.5) is 10.5 Å². The van der Waals surface area contributed by atoms with E-state index in [9.17, 15) is 13.2 Å². The number of fused-ring (bicyclic) bond motifs is 1. The summed E-state index contributed by atoms with van der Waals surface area (Å²) in [4.78, 5) is 14.1. The SMILES string of the molecule is Cc1ccc(S(=O)(=O)NC(=O)N2c3ccccc3CC2C)cc1. The number of urea groups is 1. The van der Waals surface area contributed by atoms with E-state index in [0.29, 0.717) is 6.42 Å². The molecule has 3 rings (SSSR count). The number of carbonyl (C=O) groups excluding carboxylic acids is 1. The molecule has 0 bridgehead atoms. The molecule has 6 heteroatoms. The van der Waals surface area contributed by atoms with Crippen molar-refractivity contribution in [3.63, 3.8) is 0 Å². The maximum Gasteiger partial charge on any atom is 0.336 e. The number of sulfonamides is 1. The number of hydrogen-bond acceptors (Lipinski definition) is 3. The lowest BCUT2D eigenvalue weighted by Gasteiger charge is -2.23. The van der Waals surface area contributed by atoms with Crippen molar-refractivity contribution in [2.24, 2.45) is 0 Å². The molecule has 5 nitrogen and oxygen atoms in total. The van der Waals surface area contributed by atoms with Crippen LogP contribution in [0.15, 0.2) is 53.4 Å². The molecule has 1 aliphatic rings. The molecule has 1 N–H and O–H groups in total. The fourth-order valence-electron chi connectivity index (χ4n) is 2.82. The Morgan fingerprint density at radius 2 is 1.78 bits per heavy atom. The average Bonchev–Trinajstić information content (AvgIpc) is 2.83. The lowest BCUT2D eigenvalue weighted by atomic mass is 10.1. The summed E-state index contributed by atoms with van der Waals surface area (Å²) in [5.74, 6) is 0. The van der Waals surface area contributed by atoms with Crippen molar-refractivity contribution in [2.45, 2.75) is 31.2 Å². The minimum atomic E-state index is -3.88. The van der Waals surface area contributed by atoms with E-state index >= 15 is 0 Å². The van der Waals surface area contributed by atoms with Gasteiger partial charge < -0.3 is 0 Å². The normalized spacial score (nSPS) is 17.0. The second kappa shape index (κ2) is 5.70. The Morgan fingerprint density at radius 3 is 2.48 bits per heavy atom. The summed E-state index contributed by atoms with van der Waals surface area (Å²) in [7, 11) is -3.88. The number of benzene rings is 2. The second-order valence-electron chi connectivity index (χ2n) is 5.78. The maximum atomic E-state index is 12.5. The van der Waals surface area contributed by atoms with Crippen molar-refractivity contribution in [1.82, 2.24) is 4.72 Å². The Labute approximate surface area is 136 Å². The molecular formula is C17H18N2O3S. The number of amides is 2. The van der Waals surface area contributed by atoms with Gasteiger partial charge in [0.2, 0.25) is 0 Å². The summed E-state index contributed by atoms with van der Waals surface area (Å²) < 4.78 is 26.9. The van der Waals surface area contributed by atoms with Gasteiger partial charge in [0.05, 0.1) is 4.90 Å². The number of rotatable bonds is 2. The largest absolute Gasteiger partial charge is 0.336 e. The molecular weight excluding hydrogens is 312 g/mol. The molecule has 0 saturated heterocycles. The van der Waals surface area contributed by atoms with Gasteiger partial charge in [0.15, 0.2) is 0 Å². The molecule has 1 atom stereocenters. The third kappa shape index (κ3) is 2.94. The third-order valence-corrected chi connectivity index (χ3v) is 5.32. The monoisotopic (exact) mass is 330 g/mol. The molecule has 0 spiro atoms. The quantitative estimate of drug-likeness (QED) is 0.921. The molecule has 1 heterocycles. The Bertz CT molecular complexity index is 844. The predicted octanol–water partition coefficient (Wildman–Crippen LogP) is 2.84. The van der Waals surface area contributed by atoms with Crippen LogP contribution < -0.4 is 9.62 Å². The van der Waals surface area contributed by atoms with Crippen LogP contribution >= 0.6 is 0 Å². The Hall–Kier alpha value is -2.34. The van der Waals surface area contributed by atoms with Gasteiger partial charge in [-0.1, -0.05) is 35.9 Å². The summed E-state index contributed by atoms with van der Waals surface area (Å²) >= 11 is 0. The zero-order valence-electron chi connectivity index (χ0n) is 13.0. The molecule has 23 heavy (non-hydrogen) atoms. The van der Waals surface area contributed by atoms with Gasteiger partial charge in [-0.2, -0.15) is 0 Å². The van der Waals surface area contributed by atoms with Crippen LogP contribution in [0, 0.1) is 6.92 Å². The first kappa shape index (κ1) is 15.6. The number of aryl methyl sites for hydroxylation is 1. The maximum absolute atomic E-state index is 12.5.